The molecule has 2 aromatic rings. The van der Waals surface area contributed by atoms with Crippen molar-refractivity contribution in [1.82, 2.24) is 0 Å². The molecule has 0 radical (unpaired) electrons. The second-order valence-corrected chi connectivity index (χ2v) is 6.09. The van der Waals surface area contributed by atoms with Gasteiger partial charge in [-0.25, -0.2) is 4.39 Å². The predicted molar refractivity (Wildman–Crippen MR) is 86.8 cm³/mol. The van der Waals surface area contributed by atoms with Gasteiger partial charge >= 0.3 is 0 Å². The van der Waals surface area contributed by atoms with E-state index in [1.807, 2.05) is 18.2 Å². The highest BCUT2D eigenvalue weighted by Gasteiger charge is 2.32. The Morgan fingerprint density at radius 1 is 1.23 bits per heavy atom. The standard InChI is InChI=1S/C20H18FN/c1-13(2)20(14-6-7-14)17-5-3-4-15(10-17)16-8-9-19(21)18(11-16)12-22/h3-5,8-11,14,20H,1,6-7H2,2H3. The zero-order valence-electron chi connectivity index (χ0n) is 12.6. The van der Waals surface area contributed by atoms with E-state index in [0.717, 1.165) is 11.1 Å². The van der Waals surface area contributed by atoms with Gasteiger partial charge in [-0.1, -0.05) is 42.5 Å². The van der Waals surface area contributed by atoms with E-state index in [0.29, 0.717) is 11.8 Å². The highest BCUT2D eigenvalue weighted by atomic mass is 19.1. The molecular formula is C20H18FN. The van der Waals surface area contributed by atoms with E-state index >= 15 is 0 Å². The van der Waals surface area contributed by atoms with E-state index in [2.05, 4.69) is 25.6 Å². The van der Waals surface area contributed by atoms with Gasteiger partial charge in [0.2, 0.25) is 0 Å². The van der Waals surface area contributed by atoms with Gasteiger partial charge in [0.1, 0.15) is 11.9 Å². The molecule has 1 aliphatic rings. The second kappa shape index (κ2) is 5.77. The van der Waals surface area contributed by atoms with Crippen LogP contribution in [-0.2, 0) is 0 Å². The third-order valence-corrected chi connectivity index (χ3v) is 4.29. The summed E-state index contributed by atoms with van der Waals surface area (Å²) in [5.41, 5.74) is 4.42. The van der Waals surface area contributed by atoms with Gasteiger partial charge in [0, 0.05) is 5.92 Å². The Morgan fingerprint density at radius 2 is 1.95 bits per heavy atom. The monoisotopic (exact) mass is 291 g/mol. The maximum Gasteiger partial charge on any atom is 0.140 e. The molecule has 2 aromatic carbocycles. The molecule has 0 amide bonds. The Morgan fingerprint density at radius 3 is 2.59 bits per heavy atom. The van der Waals surface area contributed by atoms with E-state index in [4.69, 9.17) is 5.26 Å². The molecule has 0 spiro atoms. The fourth-order valence-electron chi connectivity index (χ4n) is 3.09. The van der Waals surface area contributed by atoms with Gasteiger partial charge in [-0.05, 0) is 54.5 Å². The first kappa shape index (κ1) is 14.5. The van der Waals surface area contributed by atoms with Crippen molar-refractivity contribution in [3.63, 3.8) is 0 Å². The molecule has 22 heavy (non-hydrogen) atoms. The van der Waals surface area contributed by atoms with Crippen LogP contribution in [0.1, 0.15) is 36.8 Å². The van der Waals surface area contributed by atoms with Crippen molar-refractivity contribution in [2.24, 2.45) is 5.92 Å². The maximum atomic E-state index is 13.5. The van der Waals surface area contributed by atoms with Gasteiger partial charge < -0.3 is 0 Å². The molecule has 0 N–H and O–H groups in total. The highest BCUT2D eigenvalue weighted by molar-refractivity contribution is 5.66. The van der Waals surface area contributed by atoms with Crippen molar-refractivity contribution in [2.45, 2.75) is 25.7 Å². The van der Waals surface area contributed by atoms with Crippen LogP contribution in [0, 0.1) is 23.1 Å². The molecule has 1 fully saturated rings. The maximum absolute atomic E-state index is 13.5. The lowest BCUT2D eigenvalue weighted by Crippen LogP contribution is -2.02. The van der Waals surface area contributed by atoms with E-state index in [9.17, 15) is 4.39 Å². The van der Waals surface area contributed by atoms with Crippen LogP contribution in [0.4, 0.5) is 4.39 Å². The number of nitrogens with zero attached hydrogens (tertiary/aromatic N) is 1. The Bertz CT molecular complexity index is 766. The van der Waals surface area contributed by atoms with Gasteiger partial charge in [-0.3, -0.25) is 0 Å². The van der Waals surface area contributed by atoms with E-state index in [-0.39, 0.29) is 5.56 Å². The van der Waals surface area contributed by atoms with Gasteiger partial charge in [0.15, 0.2) is 0 Å². The fraction of sp³-hybridized carbons (Fsp3) is 0.250. The predicted octanol–water partition coefficient (Wildman–Crippen LogP) is 5.43. The average molecular weight is 291 g/mol. The summed E-state index contributed by atoms with van der Waals surface area (Å²) in [5, 5.41) is 8.98. The third-order valence-electron chi connectivity index (χ3n) is 4.29. The Hall–Kier alpha value is -2.40. The molecule has 0 heterocycles. The normalized spacial score (nSPS) is 15.1. The summed E-state index contributed by atoms with van der Waals surface area (Å²) in [6, 6.07) is 14.9. The van der Waals surface area contributed by atoms with Crippen LogP contribution in [0.3, 0.4) is 0 Å². The summed E-state index contributed by atoms with van der Waals surface area (Å²) in [6.07, 6.45) is 2.52. The average Bonchev–Trinajstić information content (AvgIpc) is 3.32. The lowest BCUT2D eigenvalue weighted by Gasteiger charge is -2.18. The number of benzene rings is 2. The highest BCUT2D eigenvalue weighted by Crippen LogP contribution is 2.46. The summed E-state index contributed by atoms with van der Waals surface area (Å²) < 4.78 is 13.5. The van der Waals surface area contributed by atoms with Crippen molar-refractivity contribution in [2.75, 3.05) is 0 Å². The Balaban J connectivity index is 2.01. The van der Waals surface area contributed by atoms with Crippen LogP contribution in [0.25, 0.3) is 11.1 Å². The lowest BCUT2D eigenvalue weighted by molar-refractivity contribution is 0.624. The summed E-state index contributed by atoms with van der Waals surface area (Å²) in [4.78, 5) is 0. The van der Waals surface area contributed by atoms with Gasteiger partial charge in [0.25, 0.3) is 0 Å². The van der Waals surface area contributed by atoms with Crippen LogP contribution >= 0.6 is 0 Å². The molecule has 110 valence electrons. The molecule has 1 aliphatic carbocycles. The largest absolute Gasteiger partial charge is 0.206 e. The second-order valence-electron chi connectivity index (χ2n) is 6.09. The molecular weight excluding hydrogens is 273 g/mol. The molecule has 1 saturated carbocycles. The van der Waals surface area contributed by atoms with E-state index in [1.165, 1.54) is 30.0 Å². The molecule has 0 aromatic heterocycles. The summed E-state index contributed by atoms with van der Waals surface area (Å²) in [6.45, 7) is 6.23. The Labute approximate surface area is 130 Å². The molecule has 0 aliphatic heterocycles. The lowest BCUT2D eigenvalue weighted by atomic mass is 9.87. The first-order valence-corrected chi connectivity index (χ1v) is 7.55. The molecule has 3 rings (SSSR count). The van der Waals surface area contributed by atoms with Crippen molar-refractivity contribution in [3.05, 3.63) is 71.6 Å². The molecule has 1 unspecified atom stereocenters. The number of allylic oxidation sites excluding steroid dienone is 1. The molecule has 1 nitrogen and oxygen atoms in total. The minimum absolute atomic E-state index is 0.0848. The SMILES string of the molecule is C=C(C)C(c1cccc(-c2ccc(F)c(C#N)c2)c1)C1CC1. The molecule has 2 heteroatoms. The minimum atomic E-state index is -0.472. The van der Waals surface area contributed by atoms with Crippen LogP contribution < -0.4 is 0 Å². The smallest absolute Gasteiger partial charge is 0.140 e. The summed E-state index contributed by atoms with van der Waals surface area (Å²) in [7, 11) is 0. The van der Waals surface area contributed by atoms with Crippen molar-refractivity contribution in [1.29, 1.82) is 5.26 Å². The van der Waals surface area contributed by atoms with Gasteiger partial charge in [0.05, 0.1) is 5.56 Å². The van der Waals surface area contributed by atoms with Crippen LogP contribution in [-0.4, -0.2) is 0 Å². The minimum Gasteiger partial charge on any atom is -0.206 e. The number of nitriles is 1. The van der Waals surface area contributed by atoms with Crippen molar-refractivity contribution in [3.8, 4) is 17.2 Å². The first-order valence-electron chi connectivity index (χ1n) is 7.55. The number of halogens is 1. The topological polar surface area (TPSA) is 23.8 Å². The molecule has 0 saturated heterocycles. The zero-order chi connectivity index (χ0) is 15.7. The third kappa shape index (κ3) is 2.80. The number of rotatable bonds is 4. The number of hydrogen-bond donors (Lipinski definition) is 0. The summed E-state index contributed by atoms with van der Waals surface area (Å²) >= 11 is 0. The summed E-state index contributed by atoms with van der Waals surface area (Å²) in [5.74, 6) is 0.631. The van der Waals surface area contributed by atoms with E-state index in [1.54, 1.807) is 12.1 Å². The zero-order valence-corrected chi connectivity index (χ0v) is 12.6. The van der Waals surface area contributed by atoms with Crippen LogP contribution in [0.5, 0.6) is 0 Å². The first-order chi connectivity index (χ1) is 10.6. The quantitative estimate of drug-likeness (QED) is 0.689. The van der Waals surface area contributed by atoms with Crippen LogP contribution in [0.15, 0.2) is 54.6 Å². The van der Waals surface area contributed by atoms with Crippen molar-refractivity contribution < 1.29 is 4.39 Å². The number of hydrogen-bond acceptors (Lipinski definition) is 1. The van der Waals surface area contributed by atoms with Crippen molar-refractivity contribution >= 4 is 0 Å². The van der Waals surface area contributed by atoms with Crippen LogP contribution in [0.2, 0.25) is 0 Å². The molecule has 0 bridgehead atoms. The fourth-order valence-corrected chi connectivity index (χ4v) is 3.09. The Kier molecular flexibility index (Phi) is 3.81. The van der Waals surface area contributed by atoms with E-state index < -0.39 is 5.82 Å². The van der Waals surface area contributed by atoms with Gasteiger partial charge in [-0.15, -0.1) is 0 Å². The van der Waals surface area contributed by atoms with Gasteiger partial charge in [-0.2, -0.15) is 5.26 Å². The molecule has 1 atom stereocenters.